The van der Waals surface area contributed by atoms with Gasteiger partial charge in [-0.25, -0.2) is 9.59 Å². The second-order valence-corrected chi connectivity index (χ2v) is 12.5. The van der Waals surface area contributed by atoms with E-state index in [0.717, 1.165) is 93.0 Å². The van der Waals surface area contributed by atoms with Crippen molar-refractivity contribution in [3.63, 3.8) is 0 Å². The van der Waals surface area contributed by atoms with E-state index in [1.54, 1.807) is 68.8 Å². The quantitative estimate of drug-likeness (QED) is 0.0182. The van der Waals surface area contributed by atoms with Crippen LogP contribution in [0.4, 0.5) is 0 Å². The molecule has 0 aliphatic heterocycles. The average molecular weight is 794 g/mol. The highest BCUT2D eigenvalue weighted by Gasteiger charge is 2.11. The third-order valence-corrected chi connectivity index (χ3v) is 8.22. The highest BCUT2D eigenvalue weighted by atomic mass is 16.5. The number of hydrogen-bond donors (Lipinski definition) is 1. The van der Waals surface area contributed by atoms with E-state index in [2.05, 4.69) is 13.2 Å². The van der Waals surface area contributed by atoms with Crippen molar-refractivity contribution in [1.82, 2.24) is 0 Å². The number of benzene rings is 4. The van der Waals surface area contributed by atoms with Gasteiger partial charge in [-0.05, 0) is 135 Å². The minimum absolute atomic E-state index is 0.392. The van der Waals surface area contributed by atoms with Gasteiger partial charge in [-0.2, -0.15) is 0 Å². The summed E-state index contributed by atoms with van der Waals surface area (Å²) in [5.74, 6) is 1.77. The smallest absolute Gasteiger partial charge is 0.343 e. The summed E-state index contributed by atoms with van der Waals surface area (Å²) >= 11 is 0. The van der Waals surface area contributed by atoms with Crippen molar-refractivity contribution in [2.75, 3.05) is 40.6 Å². The molecule has 0 atom stereocenters. The number of rotatable bonds is 24. The van der Waals surface area contributed by atoms with Crippen LogP contribution in [0.2, 0.25) is 0 Å². The van der Waals surface area contributed by atoms with Crippen molar-refractivity contribution in [2.45, 2.75) is 51.4 Å². The molecule has 0 amide bonds. The molecule has 0 bridgehead atoms. The third kappa shape index (κ3) is 19.5. The maximum absolute atomic E-state index is 12.6. The fraction of sp³-hybridized carbons (Fsp3) is 0.298. The molecule has 0 spiro atoms. The molecule has 4 aromatic rings. The largest absolute Gasteiger partial charge is 0.497 e. The molecule has 4 rings (SSSR count). The van der Waals surface area contributed by atoms with Gasteiger partial charge in [0.2, 0.25) is 0 Å². The number of carbonyl (C=O) groups excluding carboxylic acids is 4. The molecule has 11 heteroatoms. The first-order valence-electron chi connectivity index (χ1n) is 19.1. The van der Waals surface area contributed by atoms with Crippen LogP contribution in [-0.4, -0.2) is 71.4 Å². The van der Waals surface area contributed by atoms with Crippen LogP contribution in [0.25, 0.3) is 11.1 Å². The van der Waals surface area contributed by atoms with Crippen molar-refractivity contribution >= 4 is 30.7 Å². The van der Waals surface area contributed by atoms with Gasteiger partial charge in [0.05, 0.1) is 32.5 Å². The van der Waals surface area contributed by atoms with Gasteiger partial charge in [-0.1, -0.05) is 37.8 Å². The number of unbranched alkanes of at least 4 members (excludes halogenated alkanes) is 6. The molecule has 308 valence electrons. The van der Waals surface area contributed by atoms with Crippen molar-refractivity contribution < 1.29 is 47.6 Å². The Morgan fingerprint density at radius 1 is 0.638 bits per heavy atom. The molecule has 0 aromatic heterocycles. The summed E-state index contributed by atoms with van der Waals surface area (Å²) in [6, 6.07) is 26.7. The Morgan fingerprint density at radius 3 is 1.66 bits per heavy atom. The zero-order valence-electron chi connectivity index (χ0n) is 33.5. The zero-order valence-corrected chi connectivity index (χ0v) is 33.5. The van der Waals surface area contributed by atoms with Crippen LogP contribution in [-0.2, 0) is 19.1 Å². The van der Waals surface area contributed by atoms with E-state index < -0.39 is 11.9 Å². The standard InChI is InChI=1S/C30H31NO6.C14H20O3.C3H4O/c1-3-29(32)36-19-7-5-4-6-18-35-25-12-10-23(11-13-25)30(33)37-26-14-8-22(9-15-26)28-17-16-27(34-2)20-24(28)21-31;1-16-10-4-2-3-5-11-17-14-8-6-13(12-15)7-9-14;1-2-3-4/h3,8-17,20-21,31H,1,4-7,18-19H2,2H3;6-9,12H,2-5,10-11H2,1H3;2-3H,1H2. The predicted molar refractivity (Wildman–Crippen MR) is 227 cm³/mol. The summed E-state index contributed by atoms with van der Waals surface area (Å²) in [5.41, 5.74) is 3.62. The maximum atomic E-state index is 12.6. The molecule has 0 saturated heterocycles. The number of ether oxygens (including phenoxy) is 6. The van der Waals surface area contributed by atoms with Gasteiger partial charge in [0.15, 0.2) is 0 Å². The summed E-state index contributed by atoms with van der Waals surface area (Å²) in [5, 5.41) is 7.67. The molecule has 0 aliphatic rings. The van der Waals surface area contributed by atoms with Gasteiger partial charge in [0.1, 0.15) is 35.6 Å². The molecule has 0 radical (unpaired) electrons. The first kappa shape index (κ1) is 47.8. The lowest BCUT2D eigenvalue weighted by molar-refractivity contribution is -0.137. The summed E-state index contributed by atoms with van der Waals surface area (Å²) in [6.45, 7) is 9.01. The van der Waals surface area contributed by atoms with E-state index >= 15 is 0 Å². The Labute approximate surface area is 342 Å². The fourth-order valence-electron chi connectivity index (χ4n) is 5.12. The van der Waals surface area contributed by atoms with Gasteiger partial charge < -0.3 is 33.8 Å². The molecule has 1 N–H and O–H groups in total. The van der Waals surface area contributed by atoms with Crippen LogP contribution < -0.4 is 18.9 Å². The SMILES string of the molecule is C=CC(=O)OCCCCCCOc1ccc(C(=O)Oc2ccc(-c3ccc(OC)cc3C=N)cc2)cc1.C=CC=O.COCCCCCCOc1ccc(C=O)cc1. The van der Waals surface area contributed by atoms with Crippen LogP contribution in [0.3, 0.4) is 0 Å². The van der Waals surface area contributed by atoms with E-state index in [0.29, 0.717) is 47.9 Å². The lowest BCUT2D eigenvalue weighted by Crippen LogP contribution is -2.08. The lowest BCUT2D eigenvalue weighted by Gasteiger charge is -2.10. The highest BCUT2D eigenvalue weighted by molar-refractivity contribution is 5.92. The molecule has 0 aliphatic carbocycles. The number of carbonyl (C=O) groups is 4. The van der Waals surface area contributed by atoms with Crippen LogP contribution in [0.1, 0.15) is 77.6 Å². The summed E-state index contributed by atoms with van der Waals surface area (Å²) < 4.78 is 32.0. The average Bonchev–Trinajstić information content (AvgIpc) is 3.27. The molecule has 4 aromatic carbocycles. The normalized spacial score (nSPS) is 9.90. The highest BCUT2D eigenvalue weighted by Crippen LogP contribution is 2.28. The lowest BCUT2D eigenvalue weighted by atomic mass is 10.00. The van der Waals surface area contributed by atoms with E-state index in [-0.39, 0.29) is 0 Å². The first-order chi connectivity index (χ1) is 28.3. The number of methoxy groups -OCH3 is 2. The van der Waals surface area contributed by atoms with E-state index in [1.807, 2.05) is 36.4 Å². The van der Waals surface area contributed by atoms with E-state index in [1.165, 1.54) is 18.7 Å². The third-order valence-electron chi connectivity index (χ3n) is 8.22. The summed E-state index contributed by atoms with van der Waals surface area (Å²) in [4.78, 5) is 43.0. The van der Waals surface area contributed by atoms with Gasteiger partial charge in [-0.3, -0.25) is 9.59 Å². The van der Waals surface area contributed by atoms with Gasteiger partial charge in [0.25, 0.3) is 0 Å². The van der Waals surface area contributed by atoms with Crippen molar-refractivity contribution in [3.05, 3.63) is 133 Å². The molecular weight excluding hydrogens is 739 g/mol. The van der Waals surface area contributed by atoms with E-state index in [4.69, 9.17) is 38.6 Å². The maximum Gasteiger partial charge on any atom is 0.343 e. The number of hydrogen-bond acceptors (Lipinski definition) is 11. The Morgan fingerprint density at radius 2 is 1.16 bits per heavy atom. The van der Waals surface area contributed by atoms with Crippen LogP contribution in [0, 0.1) is 5.41 Å². The Kier molecular flexibility index (Phi) is 24.6. The summed E-state index contributed by atoms with van der Waals surface area (Å²) in [7, 11) is 3.32. The minimum Gasteiger partial charge on any atom is -0.497 e. The molecule has 11 nitrogen and oxygen atoms in total. The van der Waals surface area contributed by atoms with Gasteiger partial charge in [-0.15, -0.1) is 0 Å². The number of esters is 2. The zero-order chi connectivity index (χ0) is 42.2. The first-order valence-corrected chi connectivity index (χ1v) is 19.1. The van der Waals surface area contributed by atoms with Crippen molar-refractivity contribution in [2.24, 2.45) is 0 Å². The molecule has 0 heterocycles. The molecular formula is C47H55NO10. The number of nitrogens with one attached hydrogen (secondary N) is 1. The minimum atomic E-state index is -0.457. The second kappa shape index (κ2) is 29.9. The van der Waals surface area contributed by atoms with Crippen LogP contribution in [0.15, 0.2) is 116 Å². The molecule has 0 saturated carbocycles. The molecule has 58 heavy (non-hydrogen) atoms. The summed E-state index contributed by atoms with van der Waals surface area (Å²) in [6.07, 6.45) is 13.2. The molecule has 0 fully saturated rings. The monoisotopic (exact) mass is 793 g/mol. The number of allylic oxidation sites excluding steroid dienone is 1. The topological polar surface area (TPSA) is 148 Å². The predicted octanol–water partition coefficient (Wildman–Crippen LogP) is 9.70. The van der Waals surface area contributed by atoms with E-state index in [9.17, 15) is 14.4 Å². The van der Waals surface area contributed by atoms with Gasteiger partial charge >= 0.3 is 11.9 Å². The number of aldehydes is 2. The Bertz CT molecular complexity index is 1810. The fourth-order valence-corrected chi connectivity index (χ4v) is 5.12. The Hall–Kier alpha value is -6.33. The van der Waals surface area contributed by atoms with Crippen LogP contribution >= 0.6 is 0 Å². The Balaban J connectivity index is 0.000000458. The van der Waals surface area contributed by atoms with Crippen molar-refractivity contribution in [1.29, 1.82) is 5.41 Å². The van der Waals surface area contributed by atoms with Gasteiger partial charge in [0, 0.05) is 37.1 Å². The molecule has 0 unspecified atom stereocenters. The van der Waals surface area contributed by atoms with Crippen molar-refractivity contribution in [3.8, 4) is 34.1 Å². The van der Waals surface area contributed by atoms with Crippen LogP contribution in [0.5, 0.6) is 23.0 Å². The second-order valence-electron chi connectivity index (χ2n) is 12.5.